The van der Waals surface area contributed by atoms with Crippen LogP contribution < -0.4 is 0 Å². The van der Waals surface area contributed by atoms with Gasteiger partial charge in [0.25, 0.3) is 0 Å². The lowest BCUT2D eigenvalue weighted by Crippen LogP contribution is -2.39. The smallest absolute Gasteiger partial charge is 0.219 e. The van der Waals surface area contributed by atoms with E-state index in [4.69, 9.17) is 4.42 Å². The molecule has 10 heteroatoms. The number of hydrogen-bond donors (Lipinski definition) is 2. The molecule has 0 fully saturated rings. The number of imidazole rings is 1. The van der Waals surface area contributed by atoms with Gasteiger partial charge >= 0.3 is 0 Å². The van der Waals surface area contributed by atoms with E-state index in [0.717, 1.165) is 29.9 Å². The molecule has 0 radical (unpaired) electrons. The van der Waals surface area contributed by atoms with Gasteiger partial charge in [-0.25, -0.2) is 18.9 Å². The van der Waals surface area contributed by atoms with Crippen molar-refractivity contribution in [3.63, 3.8) is 0 Å². The van der Waals surface area contributed by atoms with E-state index in [9.17, 15) is 9.50 Å². The van der Waals surface area contributed by atoms with E-state index in [1.807, 2.05) is 35.8 Å². The van der Waals surface area contributed by atoms with Gasteiger partial charge in [-0.15, -0.1) is 0 Å². The highest BCUT2D eigenvalue weighted by Gasteiger charge is 2.39. The SMILES string of the molecule is CN(C)CCc1ccc2c(C(O)N3CCc4[nH]cnc4[C@H]3c3nc4cc(F)ccc4o3)cnn2c1. The maximum absolute atomic E-state index is 13.8. The lowest BCUT2D eigenvalue weighted by atomic mass is 10.0. The van der Waals surface area contributed by atoms with Crippen LogP contribution >= 0.6 is 0 Å². The summed E-state index contributed by atoms with van der Waals surface area (Å²) in [6.07, 6.45) is 5.97. The molecule has 0 saturated carbocycles. The Morgan fingerprint density at radius 1 is 1.29 bits per heavy atom. The molecule has 5 heterocycles. The third-order valence-electron chi connectivity index (χ3n) is 6.61. The molecular weight excluding hydrogens is 449 g/mol. The number of pyridine rings is 1. The van der Waals surface area contributed by atoms with Crippen molar-refractivity contribution in [2.45, 2.75) is 25.1 Å². The van der Waals surface area contributed by atoms with Crippen molar-refractivity contribution in [1.82, 2.24) is 34.4 Å². The number of aliphatic hydroxyl groups is 1. The first-order valence-corrected chi connectivity index (χ1v) is 11.6. The summed E-state index contributed by atoms with van der Waals surface area (Å²) in [5.74, 6) is -0.0187. The molecule has 9 nitrogen and oxygen atoms in total. The number of aromatic nitrogens is 5. The second kappa shape index (κ2) is 8.56. The molecule has 1 aliphatic rings. The Labute approximate surface area is 200 Å². The number of aromatic amines is 1. The van der Waals surface area contributed by atoms with Gasteiger partial charge in [-0.3, -0.25) is 4.90 Å². The zero-order chi connectivity index (χ0) is 24.1. The molecule has 0 bridgehead atoms. The molecule has 2 N–H and O–H groups in total. The fraction of sp³-hybridized carbons (Fsp3) is 0.320. The number of oxazole rings is 1. The summed E-state index contributed by atoms with van der Waals surface area (Å²) in [5, 5.41) is 16.1. The molecule has 180 valence electrons. The number of nitrogens with one attached hydrogen (secondary N) is 1. The summed E-state index contributed by atoms with van der Waals surface area (Å²) >= 11 is 0. The molecule has 35 heavy (non-hydrogen) atoms. The largest absolute Gasteiger partial charge is 0.439 e. The standard InChI is InChI=1S/C25H26FN7O2/c1-31(2)9-7-15-3-5-20-17(12-29-33(20)13-15)25(34)32-10-8-18-22(28-14-27-18)23(32)24-30-19-11-16(26)4-6-21(19)35-24/h3-6,11-14,23,25,34H,7-10H2,1-2H3,(H,27,28)/t23-,25?/m0/s1. The van der Waals surface area contributed by atoms with Crippen molar-refractivity contribution >= 4 is 16.6 Å². The Morgan fingerprint density at radius 3 is 3.03 bits per heavy atom. The zero-order valence-electron chi connectivity index (χ0n) is 19.5. The Hall–Kier alpha value is -3.60. The Balaban J connectivity index is 1.37. The lowest BCUT2D eigenvalue weighted by molar-refractivity contribution is -0.0287. The minimum Gasteiger partial charge on any atom is -0.439 e. The lowest BCUT2D eigenvalue weighted by Gasteiger charge is -2.36. The molecule has 1 unspecified atom stereocenters. The van der Waals surface area contributed by atoms with Crippen LogP contribution in [0.5, 0.6) is 0 Å². The molecule has 6 rings (SSSR count). The van der Waals surface area contributed by atoms with E-state index >= 15 is 0 Å². The molecule has 1 aromatic carbocycles. The molecule has 2 atom stereocenters. The second-order valence-corrected chi connectivity index (χ2v) is 9.21. The summed E-state index contributed by atoms with van der Waals surface area (Å²) in [4.78, 5) is 16.3. The first-order valence-electron chi connectivity index (χ1n) is 11.6. The Kier molecular flexibility index (Phi) is 5.36. The third kappa shape index (κ3) is 3.89. The van der Waals surface area contributed by atoms with Gasteiger partial charge in [-0.1, -0.05) is 6.07 Å². The summed E-state index contributed by atoms with van der Waals surface area (Å²) in [7, 11) is 4.10. The summed E-state index contributed by atoms with van der Waals surface area (Å²) in [6.45, 7) is 1.49. The predicted octanol–water partition coefficient (Wildman–Crippen LogP) is 3.08. The molecule has 0 amide bonds. The van der Waals surface area contributed by atoms with Crippen molar-refractivity contribution in [3.8, 4) is 0 Å². The van der Waals surface area contributed by atoms with Gasteiger partial charge in [-0.05, 0) is 44.3 Å². The number of H-pyrrole nitrogens is 1. The minimum absolute atomic E-state index is 0.361. The fourth-order valence-electron chi connectivity index (χ4n) is 4.78. The van der Waals surface area contributed by atoms with Crippen molar-refractivity contribution in [2.75, 3.05) is 27.2 Å². The van der Waals surface area contributed by atoms with E-state index in [0.29, 0.717) is 35.5 Å². The van der Waals surface area contributed by atoms with Crippen LogP contribution in [0.4, 0.5) is 4.39 Å². The monoisotopic (exact) mass is 475 g/mol. The number of hydrogen-bond acceptors (Lipinski definition) is 7. The third-order valence-corrected chi connectivity index (χ3v) is 6.61. The van der Waals surface area contributed by atoms with Crippen LogP contribution in [0.15, 0.2) is 53.5 Å². The number of fused-ring (bicyclic) bond motifs is 3. The second-order valence-electron chi connectivity index (χ2n) is 9.21. The summed E-state index contributed by atoms with van der Waals surface area (Å²) in [5.41, 5.74) is 5.32. The highest BCUT2D eigenvalue weighted by molar-refractivity contribution is 5.72. The normalized spacial score (nSPS) is 17.5. The average Bonchev–Trinajstić information content (AvgIpc) is 3.58. The van der Waals surface area contributed by atoms with Gasteiger partial charge in [0.2, 0.25) is 5.89 Å². The molecule has 5 aromatic rings. The molecule has 0 saturated heterocycles. The first-order chi connectivity index (χ1) is 17.0. The van der Waals surface area contributed by atoms with E-state index in [1.54, 1.807) is 18.6 Å². The van der Waals surface area contributed by atoms with E-state index in [2.05, 4.69) is 31.0 Å². The quantitative estimate of drug-likeness (QED) is 0.389. The molecular formula is C25H26FN7O2. The molecule has 1 aliphatic heterocycles. The fourth-order valence-corrected chi connectivity index (χ4v) is 4.78. The highest BCUT2D eigenvalue weighted by atomic mass is 19.1. The Morgan fingerprint density at radius 2 is 2.17 bits per heavy atom. The van der Waals surface area contributed by atoms with Gasteiger partial charge in [-0.2, -0.15) is 5.10 Å². The van der Waals surface area contributed by atoms with Crippen LogP contribution in [0.2, 0.25) is 0 Å². The zero-order valence-corrected chi connectivity index (χ0v) is 19.5. The molecule has 0 spiro atoms. The topological polar surface area (TPSA) is 98.7 Å². The van der Waals surface area contributed by atoms with Crippen LogP contribution in [0, 0.1) is 5.82 Å². The van der Waals surface area contributed by atoms with Crippen molar-refractivity contribution in [2.24, 2.45) is 0 Å². The van der Waals surface area contributed by atoms with E-state index in [1.165, 1.54) is 17.7 Å². The molecule has 0 aliphatic carbocycles. The number of likely N-dealkylation sites (N-methyl/N-ethyl adjacent to an activating group) is 1. The van der Waals surface area contributed by atoms with Crippen molar-refractivity contribution < 1.29 is 13.9 Å². The van der Waals surface area contributed by atoms with Gasteiger partial charge < -0.3 is 19.4 Å². The summed E-state index contributed by atoms with van der Waals surface area (Å²) in [6, 6.07) is 7.79. The van der Waals surface area contributed by atoms with Crippen LogP contribution in [-0.4, -0.2) is 66.7 Å². The number of benzene rings is 1. The number of nitrogens with zero attached hydrogens (tertiary/aromatic N) is 6. The highest BCUT2D eigenvalue weighted by Crippen LogP contribution is 2.39. The number of halogens is 1. The first kappa shape index (κ1) is 21.9. The van der Waals surface area contributed by atoms with Gasteiger partial charge in [0.05, 0.1) is 23.7 Å². The maximum atomic E-state index is 13.8. The summed E-state index contributed by atoms with van der Waals surface area (Å²) < 4.78 is 21.6. The van der Waals surface area contributed by atoms with E-state index in [-0.39, 0.29) is 5.82 Å². The van der Waals surface area contributed by atoms with Gasteiger partial charge in [0.15, 0.2) is 5.58 Å². The minimum atomic E-state index is -0.971. The van der Waals surface area contributed by atoms with Crippen LogP contribution in [-0.2, 0) is 12.8 Å². The molecule has 4 aromatic heterocycles. The number of rotatable bonds is 6. The van der Waals surface area contributed by atoms with Gasteiger partial charge in [0.1, 0.15) is 23.6 Å². The van der Waals surface area contributed by atoms with Crippen LogP contribution in [0.1, 0.15) is 40.7 Å². The van der Waals surface area contributed by atoms with Crippen molar-refractivity contribution in [3.05, 3.63) is 83.3 Å². The van der Waals surface area contributed by atoms with Crippen molar-refractivity contribution in [1.29, 1.82) is 0 Å². The Bertz CT molecular complexity index is 1500. The number of aliphatic hydroxyl groups excluding tert-OH is 1. The predicted molar refractivity (Wildman–Crippen MR) is 127 cm³/mol. The van der Waals surface area contributed by atoms with E-state index < -0.39 is 12.3 Å². The average molecular weight is 476 g/mol. The maximum Gasteiger partial charge on any atom is 0.219 e. The van der Waals surface area contributed by atoms with Gasteiger partial charge in [0, 0.05) is 43.0 Å². The van der Waals surface area contributed by atoms with Crippen LogP contribution in [0.3, 0.4) is 0 Å². The van der Waals surface area contributed by atoms with Crippen LogP contribution in [0.25, 0.3) is 16.6 Å².